The summed E-state index contributed by atoms with van der Waals surface area (Å²) in [4.78, 5) is 12.2. The van der Waals surface area contributed by atoms with Gasteiger partial charge in [-0.15, -0.1) is 0 Å². The van der Waals surface area contributed by atoms with Crippen molar-refractivity contribution in [3.05, 3.63) is 18.0 Å². The minimum absolute atomic E-state index is 0.130. The number of aryl methyl sites for hydroxylation is 1. The topological polar surface area (TPSA) is 46.9 Å². The second-order valence-electron chi connectivity index (χ2n) is 7.24. The molecule has 1 heterocycles. The molecule has 4 nitrogen and oxygen atoms in total. The molecule has 0 atom stereocenters. The van der Waals surface area contributed by atoms with Crippen LogP contribution >= 0.6 is 0 Å². The molecule has 0 aromatic carbocycles. The summed E-state index contributed by atoms with van der Waals surface area (Å²) in [5, 5.41) is 7.52. The quantitative estimate of drug-likeness (QED) is 0.917. The second kappa shape index (κ2) is 4.61. The van der Waals surface area contributed by atoms with Crippen LogP contribution in [0.1, 0.15) is 37.7 Å². The molecule has 4 aliphatic rings. The third-order valence-corrected chi connectivity index (χ3v) is 5.62. The molecule has 1 aromatic heterocycles. The van der Waals surface area contributed by atoms with Crippen LogP contribution in [0, 0.1) is 30.6 Å². The van der Waals surface area contributed by atoms with Gasteiger partial charge in [-0.3, -0.25) is 9.48 Å². The lowest BCUT2D eigenvalue weighted by Crippen LogP contribution is -2.56. The van der Waals surface area contributed by atoms with Crippen LogP contribution in [-0.2, 0) is 11.3 Å². The lowest BCUT2D eigenvalue weighted by Gasteiger charge is -2.54. The van der Waals surface area contributed by atoms with E-state index in [9.17, 15) is 4.79 Å². The van der Waals surface area contributed by atoms with Crippen molar-refractivity contribution >= 4 is 5.91 Å². The van der Waals surface area contributed by atoms with Gasteiger partial charge in [-0.25, -0.2) is 0 Å². The van der Waals surface area contributed by atoms with Gasteiger partial charge in [0, 0.05) is 12.2 Å². The molecule has 4 bridgehead atoms. The number of carbonyl (C=O) groups excluding carboxylic acids is 1. The minimum Gasteiger partial charge on any atom is -0.351 e. The highest BCUT2D eigenvalue weighted by Gasteiger charge is 2.48. The Bertz CT molecular complexity index is 494. The van der Waals surface area contributed by atoms with E-state index in [-0.39, 0.29) is 5.91 Å². The van der Waals surface area contributed by atoms with Crippen molar-refractivity contribution in [3.8, 4) is 0 Å². The maximum Gasteiger partial charge on any atom is 0.241 e. The number of rotatable bonds is 3. The average Bonchev–Trinajstić information content (AvgIpc) is 2.78. The number of aromatic nitrogens is 2. The molecule has 108 valence electrons. The van der Waals surface area contributed by atoms with E-state index in [1.54, 1.807) is 10.9 Å². The smallest absolute Gasteiger partial charge is 0.241 e. The molecular formula is C16H23N3O. The van der Waals surface area contributed by atoms with Crippen LogP contribution < -0.4 is 5.32 Å². The van der Waals surface area contributed by atoms with Crippen molar-refractivity contribution in [1.29, 1.82) is 0 Å². The molecule has 1 amide bonds. The Kier molecular flexibility index (Phi) is 2.86. The zero-order valence-electron chi connectivity index (χ0n) is 12.1. The first kappa shape index (κ1) is 12.4. The summed E-state index contributed by atoms with van der Waals surface area (Å²) < 4.78 is 1.74. The number of hydrogen-bond acceptors (Lipinski definition) is 2. The molecule has 4 aliphatic carbocycles. The largest absolute Gasteiger partial charge is 0.351 e. The SMILES string of the molecule is Cc1cnn(CC(=O)NC2C3CC4CC(C3)CC2C4)c1. The van der Waals surface area contributed by atoms with Gasteiger partial charge in [-0.05, 0) is 68.3 Å². The Morgan fingerprint density at radius 2 is 1.90 bits per heavy atom. The number of amides is 1. The summed E-state index contributed by atoms with van der Waals surface area (Å²) in [5.41, 5.74) is 1.10. The molecule has 0 saturated heterocycles. The van der Waals surface area contributed by atoms with Gasteiger partial charge in [0.25, 0.3) is 0 Å². The van der Waals surface area contributed by atoms with Crippen LogP contribution in [-0.4, -0.2) is 21.7 Å². The molecule has 1 aromatic rings. The van der Waals surface area contributed by atoms with Crippen molar-refractivity contribution in [2.45, 2.75) is 51.6 Å². The normalized spacial score (nSPS) is 38.1. The molecular weight excluding hydrogens is 250 g/mol. The summed E-state index contributed by atoms with van der Waals surface area (Å²) in [6, 6.07) is 0.437. The third kappa shape index (κ3) is 2.15. The van der Waals surface area contributed by atoms with E-state index in [0.29, 0.717) is 12.6 Å². The summed E-state index contributed by atoms with van der Waals surface area (Å²) in [6.07, 6.45) is 10.6. The van der Waals surface area contributed by atoms with E-state index in [1.165, 1.54) is 32.1 Å². The molecule has 4 heteroatoms. The highest BCUT2D eigenvalue weighted by molar-refractivity contribution is 5.76. The van der Waals surface area contributed by atoms with Crippen molar-refractivity contribution in [2.75, 3.05) is 0 Å². The summed E-state index contributed by atoms with van der Waals surface area (Å²) in [5.74, 6) is 3.54. The maximum absolute atomic E-state index is 12.2. The Labute approximate surface area is 119 Å². The first-order valence-electron chi connectivity index (χ1n) is 7.96. The summed E-state index contributed by atoms with van der Waals surface area (Å²) in [6.45, 7) is 2.36. The first-order chi connectivity index (χ1) is 9.67. The Balaban J connectivity index is 1.40. The summed E-state index contributed by atoms with van der Waals surface area (Å²) in [7, 11) is 0. The molecule has 20 heavy (non-hydrogen) atoms. The molecule has 4 saturated carbocycles. The van der Waals surface area contributed by atoms with Crippen LogP contribution in [0.15, 0.2) is 12.4 Å². The van der Waals surface area contributed by atoms with Crippen molar-refractivity contribution in [2.24, 2.45) is 23.7 Å². The van der Waals surface area contributed by atoms with Crippen LogP contribution in [0.5, 0.6) is 0 Å². The zero-order chi connectivity index (χ0) is 13.7. The van der Waals surface area contributed by atoms with Gasteiger partial charge in [0.1, 0.15) is 6.54 Å². The van der Waals surface area contributed by atoms with Gasteiger partial charge in [0.15, 0.2) is 0 Å². The van der Waals surface area contributed by atoms with Gasteiger partial charge in [-0.1, -0.05) is 0 Å². The van der Waals surface area contributed by atoms with E-state index >= 15 is 0 Å². The van der Waals surface area contributed by atoms with Crippen LogP contribution in [0.25, 0.3) is 0 Å². The lowest BCUT2D eigenvalue weighted by molar-refractivity contribution is -0.125. The Morgan fingerprint density at radius 3 is 2.45 bits per heavy atom. The van der Waals surface area contributed by atoms with Crippen LogP contribution in [0.2, 0.25) is 0 Å². The summed E-state index contributed by atoms with van der Waals surface area (Å²) >= 11 is 0. The van der Waals surface area contributed by atoms with E-state index in [4.69, 9.17) is 0 Å². The van der Waals surface area contributed by atoms with Crippen LogP contribution in [0.4, 0.5) is 0 Å². The average molecular weight is 273 g/mol. The third-order valence-electron chi connectivity index (χ3n) is 5.62. The maximum atomic E-state index is 12.2. The van der Waals surface area contributed by atoms with Gasteiger partial charge in [-0.2, -0.15) is 5.10 Å². The predicted molar refractivity (Wildman–Crippen MR) is 75.9 cm³/mol. The Morgan fingerprint density at radius 1 is 1.25 bits per heavy atom. The second-order valence-corrected chi connectivity index (χ2v) is 7.24. The van der Waals surface area contributed by atoms with Crippen molar-refractivity contribution in [1.82, 2.24) is 15.1 Å². The number of nitrogens with zero attached hydrogens (tertiary/aromatic N) is 2. The predicted octanol–water partition coefficient (Wildman–Crippen LogP) is 2.13. The zero-order valence-corrected chi connectivity index (χ0v) is 12.1. The van der Waals surface area contributed by atoms with E-state index < -0.39 is 0 Å². The lowest BCUT2D eigenvalue weighted by atomic mass is 9.54. The standard InChI is InChI=1S/C16H23N3O/c1-10-7-17-19(8-10)9-15(20)18-16-13-3-11-2-12(5-13)6-14(16)4-11/h7-8,11-14,16H,2-6,9H2,1H3,(H,18,20). The Hall–Kier alpha value is -1.32. The minimum atomic E-state index is 0.130. The molecule has 1 N–H and O–H groups in total. The van der Waals surface area contributed by atoms with E-state index in [1.807, 2.05) is 13.1 Å². The fourth-order valence-electron chi connectivity index (χ4n) is 5.09. The van der Waals surface area contributed by atoms with Crippen LogP contribution in [0.3, 0.4) is 0 Å². The molecule has 0 unspecified atom stereocenters. The molecule has 0 radical (unpaired) electrons. The number of nitrogens with one attached hydrogen (secondary N) is 1. The molecule has 0 spiro atoms. The van der Waals surface area contributed by atoms with Gasteiger partial charge in [0.05, 0.1) is 6.20 Å². The fourth-order valence-corrected chi connectivity index (χ4v) is 5.09. The number of hydrogen-bond donors (Lipinski definition) is 1. The van der Waals surface area contributed by atoms with Gasteiger partial charge in [0.2, 0.25) is 5.91 Å². The van der Waals surface area contributed by atoms with Gasteiger partial charge >= 0.3 is 0 Å². The van der Waals surface area contributed by atoms with Crippen molar-refractivity contribution in [3.63, 3.8) is 0 Å². The molecule has 4 fully saturated rings. The highest BCUT2D eigenvalue weighted by atomic mass is 16.2. The highest BCUT2D eigenvalue weighted by Crippen LogP contribution is 2.53. The monoisotopic (exact) mass is 273 g/mol. The van der Waals surface area contributed by atoms with Crippen molar-refractivity contribution < 1.29 is 4.79 Å². The van der Waals surface area contributed by atoms with Gasteiger partial charge < -0.3 is 5.32 Å². The molecule has 0 aliphatic heterocycles. The molecule has 5 rings (SSSR count). The van der Waals surface area contributed by atoms with E-state index in [0.717, 1.165) is 29.2 Å². The number of carbonyl (C=O) groups is 1. The first-order valence-corrected chi connectivity index (χ1v) is 7.96. The van der Waals surface area contributed by atoms with E-state index in [2.05, 4.69) is 10.4 Å². The fraction of sp³-hybridized carbons (Fsp3) is 0.750.